The lowest BCUT2D eigenvalue weighted by molar-refractivity contribution is 0.683. The zero-order valence-corrected chi connectivity index (χ0v) is 9.89. The Morgan fingerprint density at radius 3 is 2.47 bits per heavy atom. The van der Waals surface area contributed by atoms with Gasteiger partial charge in [0, 0.05) is 20.6 Å². The van der Waals surface area contributed by atoms with Crippen molar-refractivity contribution in [2.24, 2.45) is 19.9 Å². The first-order valence-corrected chi connectivity index (χ1v) is 5.15. The molecule has 2 rings (SSSR count). The molecular weight excluding hydrogens is 224 g/mol. The van der Waals surface area contributed by atoms with Crippen molar-refractivity contribution in [1.29, 1.82) is 0 Å². The van der Waals surface area contributed by atoms with Gasteiger partial charge in [-0.25, -0.2) is 15.6 Å². The van der Waals surface area contributed by atoms with Gasteiger partial charge in [0.15, 0.2) is 11.2 Å². The van der Waals surface area contributed by atoms with Crippen LogP contribution in [0.3, 0.4) is 0 Å². The third-order valence-corrected chi connectivity index (χ3v) is 2.78. The van der Waals surface area contributed by atoms with E-state index in [0.29, 0.717) is 18.1 Å². The third kappa shape index (κ3) is 1.37. The Kier molecular flexibility index (Phi) is 2.50. The monoisotopic (exact) mass is 238 g/mol. The van der Waals surface area contributed by atoms with Crippen LogP contribution in [0.15, 0.2) is 9.59 Å². The molecule has 0 saturated carbocycles. The van der Waals surface area contributed by atoms with E-state index >= 15 is 0 Å². The number of nitrogen functional groups attached to an aromatic ring is 1. The molecule has 8 heteroatoms. The number of hydrogen-bond acceptors (Lipinski definition) is 5. The highest BCUT2D eigenvalue weighted by Crippen LogP contribution is 2.13. The topological polar surface area (TPSA) is 99.9 Å². The van der Waals surface area contributed by atoms with Gasteiger partial charge in [0.25, 0.3) is 5.56 Å². The Morgan fingerprint density at radius 2 is 1.94 bits per heavy atom. The lowest BCUT2D eigenvalue weighted by Crippen LogP contribution is -2.37. The standard InChI is InChI=1S/C9H14N6O2/c1-4-15-6-5(11-8(15)12-10)7(16)14(3)9(17)13(6)2/h4,10H2,1-3H3,(H,11,12). The number of nitrogens with two attached hydrogens (primary N) is 1. The average molecular weight is 238 g/mol. The summed E-state index contributed by atoms with van der Waals surface area (Å²) in [5, 5.41) is 0. The summed E-state index contributed by atoms with van der Waals surface area (Å²) < 4.78 is 4.09. The summed E-state index contributed by atoms with van der Waals surface area (Å²) in [4.78, 5) is 27.8. The van der Waals surface area contributed by atoms with Crippen LogP contribution in [0.5, 0.6) is 0 Å². The van der Waals surface area contributed by atoms with E-state index in [1.165, 1.54) is 11.6 Å². The van der Waals surface area contributed by atoms with Gasteiger partial charge in [-0.2, -0.15) is 0 Å². The second kappa shape index (κ2) is 3.74. The second-order valence-electron chi connectivity index (χ2n) is 3.70. The third-order valence-electron chi connectivity index (χ3n) is 2.78. The van der Waals surface area contributed by atoms with E-state index in [4.69, 9.17) is 5.84 Å². The molecule has 2 aromatic heterocycles. The summed E-state index contributed by atoms with van der Waals surface area (Å²) in [5.74, 6) is 5.70. The molecule has 17 heavy (non-hydrogen) atoms. The number of nitrogens with one attached hydrogen (secondary N) is 1. The van der Waals surface area contributed by atoms with Crippen molar-refractivity contribution in [1.82, 2.24) is 18.7 Å². The number of hydrogen-bond donors (Lipinski definition) is 2. The number of imidazole rings is 1. The van der Waals surface area contributed by atoms with Crippen LogP contribution in [-0.2, 0) is 20.6 Å². The van der Waals surface area contributed by atoms with Crippen molar-refractivity contribution in [3.8, 4) is 0 Å². The van der Waals surface area contributed by atoms with Gasteiger partial charge >= 0.3 is 5.69 Å². The fourth-order valence-corrected chi connectivity index (χ4v) is 1.90. The molecule has 0 aromatic carbocycles. The van der Waals surface area contributed by atoms with Gasteiger partial charge in [0.05, 0.1) is 0 Å². The molecule has 0 saturated heterocycles. The summed E-state index contributed by atoms with van der Waals surface area (Å²) >= 11 is 0. The van der Waals surface area contributed by atoms with Crippen LogP contribution in [-0.4, -0.2) is 18.7 Å². The number of nitrogens with zero attached hydrogens (tertiary/aromatic N) is 4. The molecule has 2 heterocycles. The maximum absolute atomic E-state index is 11.9. The first-order chi connectivity index (χ1) is 8.02. The van der Waals surface area contributed by atoms with Gasteiger partial charge in [-0.15, -0.1) is 0 Å². The van der Waals surface area contributed by atoms with Gasteiger partial charge in [-0.3, -0.25) is 23.9 Å². The highest BCUT2D eigenvalue weighted by atomic mass is 16.2. The van der Waals surface area contributed by atoms with E-state index < -0.39 is 5.56 Å². The normalized spacial score (nSPS) is 11.1. The van der Waals surface area contributed by atoms with Crippen molar-refractivity contribution in [3.05, 3.63) is 20.8 Å². The lowest BCUT2D eigenvalue weighted by Gasteiger charge is -2.07. The van der Waals surface area contributed by atoms with Gasteiger partial charge in [-0.05, 0) is 6.92 Å². The number of aromatic nitrogens is 4. The van der Waals surface area contributed by atoms with Gasteiger partial charge in [0.2, 0.25) is 5.95 Å². The molecule has 0 aliphatic carbocycles. The van der Waals surface area contributed by atoms with Gasteiger partial charge in [-0.1, -0.05) is 0 Å². The molecule has 92 valence electrons. The van der Waals surface area contributed by atoms with Crippen LogP contribution in [0.25, 0.3) is 11.2 Å². The molecule has 0 bridgehead atoms. The molecule has 0 amide bonds. The smallest absolute Gasteiger partial charge is 0.295 e. The first-order valence-electron chi connectivity index (χ1n) is 5.15. The molecule has 0 unspecified atom stereocenters. The molecule has 3 N–H and O–H groups in total. The molecular formula is C9H14N6O2. The zero-order valence-electron chi connectivity index (χ0n) is 9.89. The summed E-state index contributed by atoms with van der Waals surface area (Å²) in [6.07, 6.45) is 0. The molecule has 8 nitrogen and oxygen atoms in total. The van der Waals surface area contributed by atoms with Crippen LogP contribution < -0.4 is 22.5 Å². The molecule has 0 atom stereocenters. The van der Waals surface area contributed by atoms with E-state index in [1.54, 1.807) is 11.6 Å². The van der Waals surface area contributed by atoms with Crippen LogP contribution in [0.4, 0.5) is 5.95 Å². The number of fused-ring (bicyclic) bond motifs is 1. The first kappa shape index (κ1) is 11.4. The largest absolute Gasteiger partial charge is 0.332 e. The number of rotatable bonds is 2. The van der Waals surface area contributed by atoms with E-state index in [9.17, 15) is 9.59 Å². The van der Waals surface area contributed by atoms with Crippen molar-refractivity contribution in [2.75, 3.05) is 5.43 Å². The Balaban J connectivity index is 3.09. The van der Waals surface area contributed by atoms with Crippen molar-refractivity contribution < 1.29 is 0 Å². The predicted molar refractivity (Wildman–Crippen MR) is 63.7 cm³/mol. The number of hydrazine groups is 1. The minimum atomic E-state index is -0.424. The van der Waals surface area contributed by atoms with Crippen molar-refractivity contribution >= 4 is 17.1 Å². The average Bonchev–Trinajstić information content (AvgIpc) is 2.72. The Morgan fingerprint density at radius 1 is 1.29 bits per heavy atom. The Bertz CT molecular complexity index is 692. The van der Waals surface area contributed by atoms with Crippen molar-refractivity contribution in [3.63, 3.8) is 0 Å². The van der Waals surface area contributed by atoms with E-state index in [0.717, 1.165) is 4.57 Å². The van der Waals surface area contributed by atoms with E-state index in [2.05, 4.69) is 10.4 Å². The minimum Gasteiger partial charge on any atom is -0.295 e. The molecule has 0 fully saturated rings. The van der Waals surface area contributed by atoms with Crippen LogP contribution in [0, 0.1) is 0 Å². The minimum absolute atomic E-state index is 0.226. The summed E-state index contributed by atoms with van der Waals surface area (Å²) in [5.41, 5.74) is 2.30. The highest BCUT2D eigenvalue weighted by Gasteiger charge is 2.17. The summed E-state index contributed by atoms with van der Waals surface area (Å²) in [6, 6.07) is 0. The maximum Gasteiger partial charge on any atom is 0.332 e. The second-order valence-corrected chi connectivity index (χ2v) is 3.70. The zero-order chi connectivity index (χ0) is 12.7. The van der Waals surface area contributed by atoms with Gasteiger partial charge in [0.1, 0.15) is 0 Å². The predicted octanol–water partition coefficient (Wildman–Crippen LogP) is -1.26. The molecule has 0 radical (unpaired) electrons. The van der Waals surface area contributed by atoms with E-state index in [-0.39, 0.29) is 11.2 Å². The molecule has 0 aliphatic heterocycles. The quantitative estimate of drug-likeness (QED) is 0.502. The van der Waals surface area contributed by atoms with Crippen LogP contribution in [0.1, 0.15) is 6.92 Å². The number of aryl methyl sites for hydroxylation is 2. The van der Waals surface area contributed by atoms with Crippen molar-refractivity contribution in [2.45, 2.75) is 13.5 Å². The molecule has 2 aromatic rings. The summed E-state index contributed by atoms with van der Waals surface area (Å²) in [6.45, 7) is 2.43. The lowest BCUT2D eigenvalue weighted by atomic mass is 10.5. The molecule has 0 spiro atoms. The Labute approximate surface area is 96.3 Å². The fourth-order valence-electron chi connectivity index (χ4n) is 1.90. The molecule has 0 aliphatic rings. The maximum atomic E-state index is 11.9. The van der Waals surface area contributed by atoms with Crippen LogP contribution in [0.2, 0.25) is 0 Å². The van der Waals surface area contributed by atoms with E-state index in [1.807, 2.05) is 6.92 Å². The van der Waals surface area contributed by atoms with Gasteiger partial charge < -0.3 is 0 Å². The SMILES string of the molecule is CCn1c(NN)nc2c(=O)n(C)c(=O)n(C)c21. The summed E-state index contributed by atoms with van der Waals surface area (Å²) in [7, 11) is 3.02. The highest BCUT2D eigenvalue weighted by molar-refractivity contribution is 5.74. The Hall–Kier alpha value is -2.09. The number of anilines is 1. The van der Waals surface area contributed by atoms with Crippen LogP contribution >= 0.6 is 0 Å². The fraction of sp³-hybridized carbons (Fsp3) is 0.444.